The molecule has 0 aromatic carbocycles. The summed E-state index contributed by atoms with van der Waals surface area (Å²) in [5.41, 5.74) is 0. The van der Waals surface area contributed by atoms with Gasteiger partial charge in [-0.2, -0.15) is 13.2 Å². The van der Waals surface area contributed by atoms with Gasteiger partial charge in [-0.05, 0) is 37.8 Å². The Morgan fingerprint density at radius 2 is 1.95 bits per heavy atom. The Hall–Kier alpha value is -0.290. The Kier molecular flexibility index (Phi) is 7.76. The monoisotopic (exact) mass is 281 g/mol. The summed E-state index contributed by atoms with van der Waals surface area (Å²) in [5.74, 6) is 1.13. The number of ether oxygens (including phenoxy) is 1. The fourth-order valence-corrected chi connectivity index (χ4v) is 2.82. The minimum Gasteiger partial charge on any atom is -0.372 e. The number of alkyl halides is 3. The van der Waals surface area contributed by atoms with Gasteiger partial charge in [0.15, 0.2) is 0 Å². The highest BCUT2D eigenvalue weighted by molar-refractivity contribution is 4.77. The molecule has 0 aromatic rings. The Labute approximate surface area is 114 Å². The molecule has 1 unspecified atom stereocenters. The first-order valence-corrected chi connectivity index (χ1v) is 7.38. The Morgan fingerprint density at radius 3 is 2.53 bits per heavy atom. The SMILES string of the molecule is CCCNCC(CCOCC(F)(F)F)C1CCCC1. The van der Waals surface area contributed by atoms with Gasteiger partial charge < -0.3 is 10.1 Å². The fraction of sp³-hybridized carbons (Fsp3) is 1.00. The molecular formula is C14H26F3NO. The highest BCUT2D eigenvalue weighted by Gasteiger charge is 2.28. The van der Waals surface area contributed by atoms with Crippen LogP contribution in [-0.2, 0) is 4.74 Å². The first kappa shape index (κ1) is 16.8. The molecule has 0 bridgehead atoms. The summed E-state index contributed by atoms with van der Waals surface area (Å²) in [4.78, 5) is 0. The number of halogens is 3. The van der Waals surface area contributed by atoms with Crippen LogP contribution in [-0.4, -0.2) is 32.5 Å². The molecule has 0 radical (unpaired) electrons. The number of hydrogen-bond donors (Lipinski definition) is 1. The van der Waals surface area contributed by atoms with Gasteiger partial charge in [0.2, 0.25) is 0 Å². The summed E-state index contributed by atoms with van der Waals surface area (Å²) in [7, 11) is 0. The topological polar surface area (TPSA) is 21.3 Å². The van der Waals surface area contributed by atoms with E-state index in [1.165, 1.54) is 25.7 Å². The quantitative estimate of drug-likeness (QED) is 0.650. The smallest absolute Gasteiger partial charge is 0.372 e. The maximum atomic E-state index is 12.0. The molecule has 1 aliphatic rings. The molecule has 5 heteroatoms. The Morgan fingerprint density at radius 1 is 1.26 bits per heavy atom. The maximum absolute atomic E-state index is 12.0. The van der Waals surface area contributed by atoms with Crippen molar-refractivity contribution in [2.75, 3.05) is 26.3 Å². The second-order valence-electron chi connectivity index (χ2n) is 5.47. The van der Waals surface area contributed by atoms with Crippen LogP contribution in [0, 0.1) is 11.8 Å². The van der Waals surface area contributed by atoms with E-state index < -0.39 is 12.8 Å². The van der Waals surface area contributed by atoms with Gasteiger partial charge in [0.1, 0.15) is 6.61 Å². The average Bonchev–Trinajstić information content (AvgIpc) is 2.84. The molecule has 0 aliphatic heterocycles. The number of hydrogen-bond acceptors (Lipinski definition) is 2. The van der Waals surface area contributed by atoms with Crippen LogP contribution in [0.25, 0.3) is 0 Å². The molecule has 0 aromatic heterocycles. The lowest BCUT2D eigenvalue weighted by molar-refractivity contribution is -0.174. The van der Waals surface area contributed by atoms with Crippen LogP contribution in [0.4, 0.5) is 13.2 Å². The van der Waals surface area contributed by atoms with Crippen molar-refractivity contribution in [3.63, 3.8) is 0 Å². The third-order valence-corrected chi connectivity index (χ3v) is 3.80. The van der Waals surface area contributed by atoms with Crippen LogP contribution in [0.1, 0.15) is 45.4 Å². The van der Waals surface area contributed by atoms with Crippen molar-refractivity contribution in [2.24, 2.45) is 11.8 Å². The molecular weight excluding hydrogens is 255 g/mol. The molecule has 0 amide bonds. The molecule has 19 heavy (non-hydrogen) atoms. The van der Waals surface area contributed by atoms with Crippen LogP contribution < -0.4 is 5.32 Å². The van der Waals surface area contributed by atoms with Gasteiger partial charge >= 0.3 is 6.18 Å². The molecule has 1 saturated carbocycles. The minimum absolute atomic E-state index is 0.217. The summed E-state index contributed by atoms with van der Waals surface area (Å²) >= 11 is 0. The third kappa shape index (κ3) is 7.78. The molecule has 0 saturated heterocycles. The van der Waals surface area contributed by atoms with Gasteiger partial charge in [-0.1, -0.05) is 32.6 Å². The molecule has 114 valence electrons. The second kappa shape index (κ2) is 8.80. The predicted octanol–water partition coefficient (Wildman–Crippen LogP) is 3.76. The van der Waals surface area contributed by atoms with Crippen molar-refractivity contribution in [1.29, 1.82) is 0 Å². The van der Waals surface area contributed by atoms with E-state index in [9.17, 15) is 13.2 Å². The van der Waals surface area contributed by atoms with Gasteiger partial charge in [-0.3, -0.25) is 0 Å². The lowest BCUT2D eigenvalue weighted by Crippen LogP contribution is -2.29. The van der Waals surface area contributed by atoms with Crippen molar-refractivity contribution in [2.45, 2.75) is 51.6 Å². The Bertz CT molecular complexity index is 227. The van der Waals surface area contributed by atoms with E-state index in [-0.39, 0.29) is 6.61 Å². The van der Waals surface area contributed by atoms with Crippen LogP contribution in [0.5, 0.6) is 0 Å². The largest absolute Gasteiger partial charge is 0.411 e. The summed E-state index contributed by atoms with van der Waals surface area (Å²) in [6.07, 6.45) is 2.58. The van der Waals surface area contributed by atoms with Gasteiger partial charge in [0, 0.05) is 6.61 Å². The van der Waals surface area contributed by atoms with E-state index in [0.717, 1.165) is 25.9 Å². The van der Waals surface area contributed by atoms with Crippen molar-refractivity contribution in [3.05, 3.63) is 0 Å². The number of rotatable bonds is 9. The summed E-state index contributed by atoms with van der Waals surface area (Å²) in [5, 5.41) is 3.39. The Balaban J connectivity index is 2.23. The van der Waals surface area contributed by atoms with Crippen LogP contribution in [0.2, 0.25) is 0 Å². The summed E-state index contributed by atoms with van der Waals surface area (Å²) < 4.78 is 40.7. The lowest BCUT2D eigenvalue weighted by Gasteiger charge is -2.24. The van der Waals surface area contributed by atoms with Crippen LogP contribution in [0.3, 0.4) is 0 Å². The molecule has 1 rings (SSSR count). The molecule has 1 N–H and O–H groups in total. The summed E-state index contributed by atoms with van der Waals surface area (Å²) in [6, 6.07) is 0. The van der Waals surface area contributed by atoms with E-state index in [2.05, 4.69) is 12.2 Å². The van der Waals surface area contributed by atoms with Gasteiger partial charge in [0.05, 0.1) is 0 Å². The summed E-state index contributed by atoms with van der Waals surface area (Å²) in [6.45, 7) is 3.10. The molecule has 0 spiro atoms. The van der Waals surface area contributed by atoms with Crippen LogP contribution in [0.15, 0.2) is 0 Å². The molecule has 2 nitrogen and oxygen atoms in total. The zero-order valence-electron chi connectivity index (χ0n) is 11.8. The van der Waals surface area contributed by atoms with Gasteiger partial charge in [-0.15, -0.1) is 0 Å². The fourth-order valence-electron chi connectivity index (χ4n) is 2.82. The third-order valence-electron chi connectivity index (χ3n) is 3.80. The van der Waals surface area contributed by atoms with E-state index in [4.69, 9.17) is 4.74 Å². The first-order valence-electron chi connectivity index (χ1n) is 7.38. The maximum Gasteiger partial charge on any atom is 0.411 e. The van der Waals surface area contributed by atoms with Gasteiger partial charge in [-0.25, -0.2) is 0 Å². The number of nitrogens with one attached hydrogen (secondary N) is 1. The van der Waals surface area contributed by atoms with Crippen molar-refractivity contribution in [1.82, 2.24) is 5.32 Å². The zero-order chi connectivity index (χ0) is 14.1. The van der Waals surface area contributed by atoms with E-state index in [1.807, 2.05) is 0 Å². The van der Waals surface area contributed by atoms with Gasteiger partial charge in [0.25, 0.3) is 0 Å². The predicted molar refractivity (Wildman–Crippen MR) is 70.1 cm³/mol. The molecule has 1 atom stereocenters. The highest BCUT2D eigenvalue weighted by atomic mass is 19.4. The highest BCUT2D eigenvalue weighted by Crippen LogP contribution is 2.33. The second-order valence-corrected chi connectivity index (χ2v) is 5.47. The van der Waals surface area contributed by atoms with Crippen molar-refractivity contribution >= 4 is 0 Å². The molecule has 1 fully saturated rings. The lowest BCUT2D eigenvalue weighted by atomic mass is 9.88. The van der Waals surface area contributed by atoms with E-state index >= 15 is 0 Å². The first-order chi connectivity index (χ1) is 9.03. The van der Waals surface area contributed by atoms with Crippen LogP contribution >= 0.6 is 0 Å². The molecule has 1 aliphatic carbocycles. The van der Waals surface area contributed by atoms with E-state index in [0.29, 0.717) is 11.8 Å². The van der Waals surface area contributed by atoms with Crippen molar-refractivity contribution < 1.29 is 17.9 Å². The standard InChI is InChI=1S/C14H26F3NO/c1-2-8-18-10-13(12-5-3-4-6-12)7-9-19-11-14(15,16)17/h12-13,18H,2-11H2,1H3. The van der Waals surface area contributed by atoms with E-state index in [1.54, 1.807) is 0 Å². The minimum atomic E-state index is -4.21. The normalized spacial score (nSPS) is 18.9. The zero-order valence-corrected chi connectivity index (χ0v) is 11.8. The molecule has 0 heterocycles. The average molecular weight is 281 g/mol. The van der Waals surface area contributed by atoms with Crippen molar-refractivity contribution in [3.8, 4) is 0 Å².